The Morgan fingerprint density at radius 3 is 2.46 bits per heavy atom. The molecule has 0 atom stereocenters. The summed E-state index contributed by atoms with van der Waals surface area (Å²) in [5.41, 5.74) is 2.63. The molecule has 35 heavy (non-hydrogen) atoms. The minimum absolute atomic E-state index is 0.00505. The van der Waals surface area contributed by atoms with E-state index < -0.39 is 0 Å². The average Bonchev–Trinajstić information content (AvgIpc) is 3.35. The smallest absolute Gasteiger partial charge is 0.254 e. The van der Waals surface area contributed by atoms with E-state index in [9.17, 15) is 4.79 Å². The molecule has 0 saturated carbocycles. The van der Waals surface area contributed by atoms with Crippen LogP contribution in [0.15, 0.2) is 36.8 Å². The van der Waals surface area contributed by atoms with Crippen LogP contribution in [0.4, 0.5) is 11.6 Å². The number of carbonyl (C=O) groups is 1. The van der Waals surface area contributed by atoms with Crippen molar-refractivity contribution in [2.45, 2.75) is 39.8 Å². The number of ether oxygens (including phenoxy) is 1. The zero-order valence-electron chi connectivity index (χ0n) is 20.8. The Kier molecular flexibility index (Phi) is 7.57. The van der Waals surface area contributed by atoms with Gasteiger partial charge >= 0.3 is 0 Å². The number of amides is 1. The third kappa shape index (κ3) is 5.57. The fraction of sp³-hybridized carbons (Fsp3) is 0.440. The Balaban J connectivity index is 1.52. The number of benzene rings is 1. The van der Waals surface area contributed by atoms with Crippen molar-refractivity contribution in [3.63, 3.8) is 0 Å². The number of piperazine rings is 1. The van der Waals surface area contributed by atoms with E-state index in [4.69, 9.17) is 16.3 Å². The first-order valence-electron chi connectivity index (χ1n) is 11.8. The molecule has 1 aliphatic heterocycles. The van der Waals surface area contributed by atoms with Crippen LogP contribution in [0.25, 0.3) is 11.3 Å². The number of rotatable bonds is 7. The second-order valence-corrected chi connectivity index (χ2v) is 9.56. The summed E-state index contributed by atoms with van der Waals surface area (Å²) < 4.78 is 7.43. The number of methoxy groups -OCH3 is 1. The van der Waals surface area contributed by atoms with E-state index in [0.29, 0.717) is 52.8 Å². The lowest BCUT2D eigenvalue weighted by atomic mass is 10.1. The van der Waals surface area contributed by atoms with Crippen LogP contribution in [-0.4, -0.2) is 74.8 Å². The number of carbonyl (C=O) groups excluding carboxylic acids is 1. The van der Waals surface area contributed by atoms with Gasteiger partial charge in [0.15, 0.2) is 0 Å². The third-order valence-electron chi connectivity index (χ3n) is 6.17. The van der Waals surface area contributed by atoms with Crippen LogP contribution in [0.5, 0.6) is 5.75 Å². The van der Waals surface area contributed by atoms with Crippen LogP contribution in [-0.2, 0) is 0 Å². The summed E-state index contributed by atoms with van der Waals surface area (Å²) in [7, 11) is 1.57. The number of nitrogens with one attached hydrogen (secondary N) is 1. The van der Waals surface area contributed by atoms with Crippen LogP contribution < -0.4 is 10.1 Å². The van der Waals surface area contributed by atoms with Crippen molar-refractivity contribution in [2.24, 2.45) is 0 Å². The van der Waals surface area contributed by atoms with Crippen molar-refractivity contribution < 1.29 is 9.53 Å². The molecular weight excluding hydrogens is 466 g/mol. The third-order valence-corrected chi connectivity index (χ3v) is 6.45. The van der Waals surface area contributed by atoms with Crippen molar-refractivity contribution in [1.29, 1.82) is 0 Å². The predicted octanol–water partition coefficient (Wildman–Crippen LogP) is 4.49. The molecule has 0 spiro atoms. The van der Waals surface area contributed by atoms with Gasteiger partial charge in [-0.25, -0.2) is 9.97 Å². The van der Waals surface area contributed by atoms with Gasteiger partial charge in [0.05, 0.1) is 35.9 Å². The zero-order valence-corrected chi connectivity index (χ0v) is 21.6. The number of aromatic nitrogens is 4. The minimum atomic E-state index is 0.00505. The van der Waals surface area contributed by atoms with E-state index in [2.05, 4.69) is 53.0 Å². The van der Waals surface area contributed by atoms with Crippen LogP contribution in [0, 0.1) is 0 Å². The van der Waals surface area contributed by atoms with E-state index in [0.717, 1.165) is 18.7 Å². The second-order valence-electron chi connectivity index (χ2n) is 9.15. The van der Waals surface area contributed by atoms with Gasteiger partial charge in [-0.05, 0) is 45.9 Å². The van der Waals surface area contributed by atoms with E-state index in [1.165, 1.54) is 0 Å². The first-order valence-corrected chi connectivity index (χ1v) is 12.2. The lowest BCUT2D eigenvalue weighted by Crippen LogP contribution is -2.50. The molecular formula is C25H32ClN7O2. The normalized spacial score (nSPS) is 14.6. The van der Waals surface area contributed by atoms with Gasteiger partial charge in [0.1, 0.15) is 5.75 Å². The highest BCUT2D eigenvalue weighted by Crippen LogP contribution is 2.31. The van der Waals surface area contributed by atoms with Gasteiger partial charge in [-0.15, -0.1) is 0 Å². The Morgan fingerprint density at radius 2 is 1.83 bits per heavy atom. The lowest BCUT2D eigenvalue weighted by molar-refractivity contribution is 0.0595. The summed E-state index contributed by atoms with van der Waals surface area (Å²) in [5.74, 6) is 0.902. The largest absolute Gasteiger partial charge is 0.495 e. The molecule has 186 valence electrons. The molecule has 1 saturated heterocycles. The molecule has 0 aliphatic carbocycles. The lowest BCUT2D eigenvalue weighted by Gasteiger charge is -2.37. The molecule has 0 unspecified atom stereocenters. The molecule has 0 bridgehead atoms. The highest BCUT2D eigenvalue weighted by molar-refractivity contribution is 6.32. The molecule has 1 amide bonds. The average molecular weight is 498 g/mol. The first-order chi connectivity index (χ1) is 16.8. The maximum atomic E-state index is 13.1. The fourth-order valence-corrected chi connectivity index (χ4v) is 4.24. The SMILES string of the molecule is COc1cc(C(=O)N2CCN(C(C)C)CC2)ccc1Nc1ncc(Cl)c(-c2cnn(C(C)C)c2)n1. The molecule has 3 heterocycles. The van der Waals surface area contributed by atoms with Gasteiger partial charge in [0.2, 0.25) is 5.95 Å². The molecule has 1 aliphatic rings. The highest BCUT2D eigenvalue weighted by Gasteiger charge is 2.24. The molecule has 1 N–H and O–H groups in total. The van der Waals surface area contributed by atoms with E-state index in [1.54, 1.807) is 31.6 Å². The standard InChI is InChI=1S/C25H32ClN7O2/c1-16(2)31-8-10-32(11-9-31)24(34)18-6-7-21(22(12-18)35-5)29-25-27-14-20(26)23(30-25)19-13-28-33(15-19)17(3)4/h6-7,12-17H,8-11H2,1-5H3,(H,27,29,30). The molecule has 9 nitrogen and oxygen atoms in total. The van der Waals surface area contributed by atoms with Crippen molar-refractivity contribution in [3.05, 3.63) is 47.4 Å². The summed E-state index contributed by atoms with van der Waals surface area (Å²) in [6, 6.07) is 6.07. The first kappa shape index (κ1) is 24.9. The molecule has 0 radical (unpaired) electrons. The van der Waals surface area contributed by atoms with Gasteiger partial charge in [-0.2, -0.15) is 5.10 Å². The van der Waals surface area contributed by atoms with Crippen molar-refractivity contribution in [2.75, 3.05) is 38.6 Å². The van der Waals surface area contributed by atoms with Gasteiger partial charge in [-0.3, -0.25) is 14.4 Å². The van der Waals surface area contributed by atoms with Crippen molar-refractivity contribution >= 4 is 29.1 Å². The van der Waals surface area contributed by atoms with Gasteiger partial charge < -0.3 is 15.0 Å². The Hall–Kier alpha value is -3.17. The maximum Gasteiger partial charge on any atom is 0.254 e. The number of nitrogens with zero attached hydrogens (tertiary/aromatic N) is 6. The summed E-state index contributed by atoms with van der Waals surface area (Å²) in [6.45, 7) is 11.7. The summed E-state index contributed by atoms with van der Waals surface area (Å²) in [5, 5.41) is 7.99. The second kappa shape index (κ2) is 10.6. The van der Waals surface area contributed by atoms with Crippen LogP contribution in [0.2, 0.25) is 5.02 Å². The fourth-order valence-electron chi connectivity index (χ4n) is 4.04. The molecule has 10 heteroatoms. The van der Waals surface area contributed by atoms with E-state index in [-0.39, 0.29) is 11.9 Å². The van der Waals surface area contributed by atoms with Gasteiger partial charge in [0, 0.05) is 55.6 Å². The quantitative estimate of drug-likeness (QED) is 0.514. The number of hydrogen-bond donors (Lipinski definition) is 1. The van der Waals surface area contributed by atoms with Crippen molar-refractivity contribution in [3.8, 4) is 17.0 Å². The summed E-state index contributed by atoms with van der Waals surface area (Å²) >= 11 is 6.38. The zero-order chi connectivity index (χ0) is 25.1. The van der Waals surface area contributed by atoms with Crippen molar-refractivity contribution in [1.82, 2.24) is 29.5 Å². The predicted molar refractivity (Wildman–Crippen MR) is 138 cm³/mol. The van der Waals surface area contributed by atoms with Crippen LogP contribution >= 0.6 is 11.6 Å². The molecule has 1 aromatic carbocycles. The monoisotopic (exact) mass is 497 g/mol. The maximum absolute atomic E-state index is 13.1. The van der Waals surface area contributed by atoms with E-state index >= 15 is 0 Å². The topological polar surface area (TPSA) is 88.4 Å². The van der Waals surface area contributed by atoms with Crippen LogP contribution in [0.3, 0.4) is 0 Å². The highest BCUT2D eigenvalue weighted by atomic mass is 35.5. The number of halogens is 1. The molecule has 4 rings (SSSR count). The Labute approximate surface area is 211 Å². The van der Waals surface area contributed by atoms with E-state index in [1.807, 2.05) is 21.8 Å². The molecule has 3 aromatic rings. The summed E-state index contributed by atoms with van der Waals surface area (Å²) in [4.78, 5) is 26.3. The van der Waals surface area contributed by atoms with Gasteiger partial charge in [0.25, 0.3) is 5.91 Å². The Bertz CT molecular complexity index is 1190. The minimum Gasteiger partial charge on any atom is -0.495 e. The number of hydrogen-bond acceptors (Lipinski definition) is 7. The summed E-state index contributed by atoms with van der Waals surface area (Å²) in [6.07, 6.45) is 5.20. The van der Waals surface area contributed by atoms with Crippen LogP contribution in [0.1, 0.15) is 44.1 Å². The number of anilines is 2. The molecule has 2 aromatic heterocycles. The van der Waals surface area contributed by atoms with Gasteiger partial charge in [-0.1, -0.05) is 11.6 Å². The molecule has 1 fully saturated rings. The Morgan fingerprint density at radius 1 is 1.09 bits per heavy atom.